The molecular formula is C9H15FO. The smallest absolute Gasteiger partial charge is 0.208 e. The van der Waals surface area contributed by atoms with Crippen LogP contribution in [0, 0.1) is 18.3 Å². The van der Waals surface area contributed by atoms with Crippen LogP contribution in [0.15, 0.2) is 0 Å². The standard InChI is InChI=1S/C9H15FO/c1-5-6-7-11-9(4,10)8(2)3/h1,8H,6-7H2,2-4H3. The highest BCUT2D eigenvalue weighted by Crippen LogP contribution is 2.22. The maximum atomic E-state index is 13.2. The van der Waals surface area contributed by atoms with E-state index in [1.807, 2.05) is 0 Å². The molecule has 0 saturated heterocycles. The van der Waals surface area contributed by atoms with Gasteiger partial charge in [-0.15, -0.1) is 12.3 Å². The van der Waals surface area contributed by atoms with Crippen LogP contribution in [-0.2, 0) is 4.74 Å². The summed E-state index contributed by atoms with van der Waals surface area (Å²) in [4.78, 5) is 0. The van der Waals surface area contributed by atoms with Crippen molar-refractivity contribution in [2.24, 2.45) is 5.92 Å². The number of hydrogen-bond acceptors (Lipinski definition) is 1. The fourth-order valence-corrected chi connectivity index (χ4v) is 0.476. The first-order chi connectivity index (χ1) is 5.00. The molecule has 2 heteroatoms. The molecule has 0 N–H and O–H groups in total. The number of rotatable bonds is 4. The van der Waals surface area contributed by atoms with E-state index >= 15 is 0 Å². The third-order valence-corrected chi connectivity index (χ3v) is 1.66. The van der Waals surface area contributed by atoms with Crippen molar-refractivity contribution in [1.82, 2.24) is 0 Å². The largest absolute Gasteiger partial charge is 0.345 e. The predicted molar refractivity (Wildman–Crippen MR) is 43.8 cm³/mol. The summed E-state index contributed by atoms with van der Waals surface area (Å²) in [6.07, 6.45) is 5.45. The Balaban J connectivity index is 3.66. The zero-order chi connectivity index (χ0) is 8.91. The van der Waals surface area contributed by atoms with Crippen LogP contribution in [0.25, 0.3) is 0 Å². The molecule has 0 aliphatic heterocycles. The van der Waals surface area contributed by atoms with Gasteiger partial charge in [-0.1, -0.05) is 13.8 Å². The predicted octanol–water partition coefficient (Wildman–Crippen LogP) is 2.37. The first kappa shape index (κ1) is 10.4. The van der Waals surface area contributed by atoms with Crippen molar-refractivity contribution in [2.75, 3.05) is 6.61 Å². The SMILES string of the molecule is C#CCCOC(C)(F)C(C)C. The zero-order valence-electron chi connectivity index (χ0n) is 7.36. The molecule has 0 saturated carbocycles. The highest BCUT2D eigenvalue weighted by molar-refractivity contribution is 4.83. The average molecular weight is 158 g/mol. The molecule has 0 fully saturated rings. The lowest BCUT2D eigenvalue weighted by Gasteiger charge is -2.24. The second-order valence-electron chi connectivity index (χ2n) is 2.94. The molecule has 0 aromatic rings. The van der Waals surface area contributed by atoms with E-state index in [4.69, 9.17) is 11.2 Å². The Bertz CT molecular complexity index is 144. The molecule has 0 aromatic heterocycles. The maximum Gasteiger partial charge on any atom is 0.208 e. The van der Waals surface area contributed by atoms with Crippen molar-refractivity contribution in [3.05, 3.63) is 0 Å². The summed E-state index contributed by atoms with van der Waals surface area (Å²) >= 11 is 0. The monoisotopic (exact) mass is 158 g/mol. The van der Waals surface area contributed by atoms with Crippen molar-refractivity contribution in [3.63, 3.8) is 0 Å². The van der Waals surface area contributed by atoms with Crippen LogP contribution < -0.4 is 0 Å². The molecule has 1 unspecified atom stereocenters. The van der Waals surface area contributed by atoms with Gasteiger partial charge in [0.2, 0.25) is 5.85 Å². The minimum atomic E-state index is -1.54. The van der Waals surface area contributed by atoms with Gasteiger partial charge in [0.25, 0.3) is 0 Å². The molecule has 11 heavy (non-hydrogen) atoms. The molecule has 0 heterocycles. The first-order valence-corrected chi connectivity index (χ1v) is 3.77. The third-order valence-electron chi connectivity index (χ3n) is 1.66. The van der Waals surface area contributed by atoms with Crippen molar-refractivity contribution < 1.29 is 9.13 Å². The van der Waals surface area contributed by atoms with Gasteiger partial charge >= 0.3 is 0 Å². The van der Waals surface area contributed by atoms with Gasteiger partial charge in [-0.2, -0.15) is 0 Å². The van der Waals surface area contributed by atoms with Crippen LogP contribution in [0.4, 0.5) is 4.39 Å². The van der Waals surface area contributed by atoms with Crippen LogP contribution in [0.2, 0.25) is 0 Å². The van der Waals surface area contributed by atoms with Gasteiger partial charge < -0.3 is 4.74 Å². The molecule has 0 bridgehead atoms. The summed E-state index contributed by atoms with van der Waals surface area (Å²) in [6.45, 7) is 5.27. The second kappa shape index (κ2) is 4.35. The highest BCUT2D eigenvalue weighted by atomic mass is 19.2. The van der Waals surface area contributed by atoms with Gasteiger partial charge in [-0.3, -0.25) is 0 Å². The number of halogens is 1. The van der Waals surface area contributed by atoms with Gasteiger partial charge in [-0.25, -0.2) is 4.39 Å². The first-order valence-electron chi connectivity index (χ1n) is 3.77. The fourth-order valence-electron chi connectivity index (χ4n) is 0.476. The van der Waals surface area contributed by atoms with Gasteiger partial charge in [0.05, 0.1) is 6.61 Å². The van der Waals surface area contributed by atoms with E-state index in [1.165, 1.54) is 6.92 Å². The van der Waals surface area contributed by atoms with Crippen LogP contribution in [0.5, 0.6) is 0 Å². The third kappa shape index (κ3) is 4.00. The lowest BCUT2D eigenvalue weighted by molar-refractivity contribution is -0.159. The molecule has 0 spiro atoms. The number of terminal acetylenes is 1. The topological polar surface area (TPSA) is 9.23 Å². The summed E-state index contributed by atoms with van der Waals surface area (Å²) in [6, 6.07) is 0. The quantitative estimate of drug-likeness (QED) is 0.451. The molecular weight excluding hydrogens is 143 g/mol. The zero-order valence-corrected chi connectivity index (χ0v) is 7.36. The van der Waals surface area contributed by atoms with Crippen LogP contribution in [-0.4, -0.2) is 12.5 Å². The van der Waals surface area contributed by atoms with E-state index in [0.29, 0.717) is 13.0 Å². The minimum Gasteiger partial charge on any atom is -0.345 e. The fraction of sp³-hybridized carbons (Fsp3) is 0.778. The van der Waals surface area contributed by atoms with E-state index in [1.54, 1.807) is 13.8 Å². The Morgan fingerprint density at radius 2 is 2.18 bits per heavy atom. The molecule has 0 rings (SSSR count). The lowest BCUT2D eigenvalue weighted by atomic mass is 10.1. The molecule has 1 nitrogen and oxygen atoms in total. The van der Waals surface area contributed by atoms with Crippen molar-refractivity contribution in [1.29, 1.82) is 0 Å². The van der Waals surface area contributed by atoms with Crippen LogP contribution >= 0.6 is 0 Å². The Labute approximate surface area is 67.9 Å². The maximum absolute atomic E-state index is 13.2. The Morgan fingerprint density at radius 1 is 1.64 bits per heavy atom. The molecule has 0 amide bonds. The van der Waals surface area contributed by atoms with Gasteiger partial charge in [0.1, 0.15) is 0 Å². The minimum absolute atomic E-state index is 0.139. The van der Waals surface area contributed by atoms with Gasteiger partial charge in [-0.05, 0) is 6.92 Å². The molecule has 0 aliphatic rings. The summed E-state index contributed by atoms with van der Waals surface area (Å²) in [5.41, 5.74) is 0. The van der Waals surface area contributed by atoms with E-state index in [0.717, 1.165) is 0 Å². The van der Waals surface area contributed by atoms with Crippen molar-refractivity contribution in [2.45, 2.75) is 33.0 Å². The number of hydrogen-bond donors (Lipinski definition) is 0. The Hall–Kier alpha value is -0.550. The van der Waals surface area contributed by atoms with Gasteiger partial charge in [0.15, 0.2) is 0 Å². The van der Waals surface area contributed by atoms with Crippen LogP contribution in [0.1, 0.15) is 27.2 Å². The average Bonchev–Trinajstić information content (AvgIpc) is 1.88. The summed E-state index contributed by atoms with van der Waals surface area (Å²) in [5.74, 6) is 0.704. The lowest BCUT2D eigenvalue weighted by Crippen LogP contribution is -2.29. The Kier molecular flexibility index (Phi) is 4.14. The Morgan fingerprint density at radius 3 is 2.55 bits per heavy atom. The van der Waals surface area contributed by atoms with Gasteiger partial charge in [0, 0.05) is 12.3 Å². The van der Waals surface area contributed by atoms with E-state index in [2.05, 4.69) is 5.92 Å². The summed E-state index contributed by atoms with van der Waals surface area (Å²) in [7, 11) is 0. The highest BCUT2D eigenvalue weighted by Gasteiger charge is 2.27. The molecule has 0 radical (unpaired) electrons. The van der Waals surface area contributed by atoms with Crippen molar-refractivity contribution >= 4 is 0 Å². The molecule has 1 atom stereocenters. The summed E-state index contributed by atoms with van der Waals surface area (Å²) in [5, 5.41) is 0. The van der Waals surface area contributed by atoms with Crippen LogP contribution in [0.3, 0.4) is 0 Å². The van der Waals surface area contributed by atoms with E-state index < -0.39 is 5.85 Å². The summed E-state index contributed by atoms with van der Waals surface area (Å²) < 4.78 is 18.2. The molecule has 0 aromatic carbocycles. The second-order valence-corrected chi connectivity index (χ2v) is 2.94. The normalized spacial score (nSPS) is 16.0. The molecule has 64 valence electrons. The van der Waals surface area contributed by atoms with E-state index in [9.17, 15) is 4.39 Å². The van der Waals surface area contributed by atoms with E-state index in [-0.39, 0.29) is 5.92 Å². The van der Waals surface area contributed by atoms with Crippen molar-refractivity contribution in [3.8, 4) is 12.3 Å². The molecule has 0 aliphatic carbocycles. The number of alkyl halides is 1. The number of ether oxygens (including phenoxy) is 1.